The van der Waals surface area contributed by atoms with E-state index in [-0.39, 0.29) is 5.56 Å². The van der Waals surface area contributed by atoms with Gasteiger partial charge in [0.2, 0.25) is 5.89 Å². The molecule has 2 aromatic carbocycles. The van der Waals surface area contributed by atoms with Crippen molar-refractivity contribution in [3.63, 3.8) is 0 Å². The number of fused-ring (bicyclic) bond motifs is 1. The Kier molecular flexibility index (Phi) is 5.49. The Bertz CT molecular complexity index is 1210. The first kappa shape index (κ1) is 19.4. The van der Waals surface area contributed by atoms with Crippen molar-refractivity contribution in [3.8, 4) is 5.69 Å². The van der Waals surface area contributed by atoms with Crippen molar-refractivity contribution in [3.05, 3.63) is 75.7 Å². The van der Waals surface area contributed by atoms with Crippen molar-refractivity contribution < 1.29 is 4.52 Å². The third-order valence-corrected chi connectivity index (χ3v) is 5.44. The van der Waals surface area contributed by atoms with Gasteiger partial charge in [-0.15, -0.1) is 0 Å². The maximum Gasteiger partial charge on any atom is 0.266 e. The molecule has 2 heterocycles. The van der Waals surface area contributed by atoms with E-state index in [2.05, 4.69) is 23.1 Å². The number of nitrogens with zero attached hydrogens (tertiary/aromatic N) is 4. The summed E-state index contributed by atoms with van der Waals surface area (Å²) in [6, 6.07) is 13.5. The molecule has 7 heteroatoms. The average Bonchev–Trinajstić information content (AvgIpc) is 3.13. The van der Waals surface area contributed by atoms with Crippen molar-refractivity contribution in [2.45, 2.75) is 44.5 Å². The highest BCUT2D eigenvalue weighted by Crippen LogP contribution is 2.25. The third-order valence-electron chi connectivity index (χ3n) is 4.52. The Morgan fingerprint density at radius 3 is 2.59 bits per heavy atom. The highest BCUT2D eigenvalue weighted by molar-refractivity contribution is 7.98. The summed E-state index contributed by atoms with van der Waals surface area (Å²) in [5, 5.41) is 5.20. The molecule has 0 amide bonds. The van der Waals surface area contributed by atoms with Crippen molar-refractivity contribution in [1.82, 2.24) is 19.7 Å². The van der Waals surface area contributed by atoms with Gasteiger partial charge in [-0.1, -0.05) is 42.0 Å². The van der Waals surface area contributed by atoms with Gasteiger partial charge in [0, 0.05) is 6.42 Å². The molecule has 0 radical (unpaired) electrons. The second-order valence-electron chi connectivity index (χ2n) is 7.04. The van der Waals surface area contributed by atoms with Crippen LogP contribution in [0.4, 0.5) is 0 Å². The highest BCUT2D eigenvalue weighted by atomic mass is 32.2. The summed E-state index contributed by atoms with van der Waals surface area (Å²) in [5.74, 6) is 1.70. The summed E-state index contributed by atoms with van der Waals surface area (Å²) in [7, 11) is 0. The lowest BCUT2D eigenvalue weighted by atomic mass is 10.1. The van der Waals surface area contributed by atoms with Gasteiger partial charge in [0.05, 0.1) is 22.3 Å². The molecule has 0 N–H and O–H groups in total. The molecular formula is C22H22N4O2S. The first-order valence-corrected chi connectivity index (χ1v) is 10.6. The van der Waals surface area contributed by atoms with Crippen LogP contribution in [0, 0.1) is 13.8 Å². The summed E-state index contributed by atoms with van der Waals surface area (Å²) in [6.07, 6.45) is 1.75. The van der Waals surface area contributed by atoms with Gasteiger partial charge < -0.3 is 4.52 Å². The number of benzene rings is 2. The normalized spacial score (nSPS) is 11.3. The van der Waals surface area contributed by atoms with Gasteiger partial charge in [-0.2, -0.15) is 4.98 Å². The van der Waals surface area contributed by atoms with Crippen LogP contribution in [0.3, 0.4) is 0 Å². The van der Waals surface area contributed by atoms with E-state index >= 15 is 0 Å². The Hall–Kier alpha value is -2.93. The lowest BCUT2D eigenvalue weighted by molar-refractivity contribution is 0.384. The first-order valence-electron chi connectivity index (χ1n) is 9.60. The van der Waals surface area contributed by atoms with Crippen LogP contribution < -0.4 is 5.56 Å². The van der Waals surface area contributed by atoms with Crippen molar-refractivity contribution >= 4 is 22.7 Å². The fourth-order valence-electron chi connectivity index (χ4n) is 3.32. The van der Waals surface area contributed by atoms with E-state index in [0.29, 0.717) is 33.5 Å². The largest absolute Gasteiger partial charge is 0.338 e. The Balaban J connectivity index is 1.79. The number of thioether (sulfide) groups is 1. The second-order valence-corrected chi connectivity index (χ2v) is 7.98. The second kappa shape index (κ2) is 8.21. The number of para-hydroxylation sites is 1. The molecule has 29 heavy (non-hydrogen) atoms. The van der Waals surface area contributed by atoms with Crippen LogP contribution in [0.1, 0.15) is 36.2 Å². The molecule has 4 rings (SSSR count). The monoisotopic (exact) mass is 406 g/mol. The number of aromatic nitrogens is 4. The molecule has 4 aromatic rings. The molecule has 0 spiro atoms. The smallest absolute Gasteiger partial charge is 0.266 e. The van der Waals surface area contributed by atoms with Crippen LogP contribution in [-0.2, 0) is 12.2 Å². The first-order chi connectivity index (χ1) is 14.0. The minimum atomic E-state index is -0.0831. The Morgan fingerprint density at radius 1 is 1.07 bits per heavy atom. The van der Waals surface area contributed by atoms with Crippen LogP contribution in [0.5, 0.6) is 0 Å². The molecule has 148 valence electrons. The summed E-state index contributed by atoms with van der Waals surface area (Å²) < 4.78 is 7.02. The summed E-state index contributed by atoms with van der Waals surface area (Å²) in [5.41, 5.74) is 3.60. The van der Waals surface area contributed by atoms with Gasteiger partial charge in [-0.3, -0.25) is 9.36 Å². The third kappa shape index (κ3) is 4.10. The van der Waals surface area contributed by atoms with E-state index in [1.807, 2.05) is 50.2 Å². The van der Waals surface area contributed by atoms with E-state index in [4.69, 9.17) is 9.51 Å². The van der Waals surface area contributed by atoms with Gasteiger partial charge in [0.15, 0.2) is 11.0 Å². The van der Waals surface area contributed by atoms with Crippen molar-refractivity contribution in [2.24, 2.45) is 0 Å². The Morgan fingerprint density at radius 2 is 1.83 bits per heavy atom. The summed E-state index contributed by atoms with van der Waals surface area (Å²) in [6.45, 7) is 6.12. The quantitative estimate of drug-likeness (QED) is 0.343. The average molecular weight is 407 g/mol. The zero-order chi connectivity index (χ0) is 20.4. The fraction of sp³-hybridized carbons (Fsp3) is 0.273. The summed E-state index contributed by atoms with van der Waals surface area (Å²) in [4.78, 5) is 22.5. The molecule has 6 nitrogen and oxygen atoms in total. The molecule has 0 unspecified atom stereocenters. The van der Waals surface area contributed by atoms with E-state index in [1.165, 1.54) is 11.8 Å². The van der Waals surface area contributed by atoms with Crippen molar-refractivity contribution in [2.75, 3.05) is 0 Å². The van der Waals surface area contributed by atoms with Crippen molar-refractivity contribution in [1.29, 1.82) is 0 Å². The molecule has 0 aliphatic rings. The van der Waals surface area contributed by atoms with Crippen LogP contribution in [-0.4, -0.2) is 19.7 Å². The topological polar surface area (TPSA) is 73.8 Å². The molecule has 0 fully saturated rings. The zero-order valence-corrected chi connectivity index (χ0v) is 17.5. The maximum absolute atomic E-state index is 13.3. The van der Waals surface area contributed by atoms with E-state index in [1.54, 1.807) is 4.57 Å². The minimum absolute atomic E-state index is 0.0831. The lowest BCUT2D eigenvalue weighted by Gasteiger charge is -2.14. The highest BCUT2D eigenvalue weighted by Gasteiger charge is 2.15. The number of hydrogen-bond acceptors (Lipinski definition) is 6. The lowest BCUT2D eigenvalue weighted by Crippen LogP contribution is -2.22. The number of rotatable bonds is 6. The predicted octanol–water partition coefficient (Wildman–Crippen LogP) is 4.63. The van der Waals surface area contributed by atoms with Crippen LogP contribution in [0.15, 0.2) is 56.9 Å². The zero-order valence-electron chi connectivity index (χ0n) is 16.7. The van der Waals surface area contributed by atoms with Gasteiger partial charge in [0.25, 0.3) is 5.56 Å². The number of hydrogen-bond donors (Lipinski definition) is 0. The molecular weight excluding hydrogens is 384 g/mol. The van der Waals surface area contributed by atoms with Crippen LogP contribution in [0.25, 0.3) is 16.6 Å². The predicted molar refractivity (Wildman–Crippen MR) is 115 cm³/mol. The van der Waals surface area contributed by atoms with E-state index in [0.717, 1.165) is 29.7 Å². The SMILES string of the molecule is CCCc1noc(CSc2nc3ccccc3c(=O)n2-c2cc(C)cc(C)c2)n1. The maximum atomic E-state index is 13.3. The molecule has 0 bridgehead atoms. The van der Waals surface area contributed by atoms with Gasteiger partial charge >= 0.3 is 0 Å². The standard InChI is InChI=1S/C22H22N4O2S/c1-4-7-19-24-20(28-25-19)13-29-22-23-18-9-6-5-8-17(18)21(27)26(22)16-11-14(2)10-15(3)12-16/h5-6,8-12H,4,7,13H2,1-3H3. The van der Waals surface area contributed by atoms with E-state index < -0.39 is 0 Å². The Labute approximate surface area is 173 Å². The summed E-state index contributed by atoms with van der Waals surface area (Å²) >= 11 is 1.42. The van der Waals surface area contributed by atoms with Gasteiger partial charge in [0.1, 0.15) is 0 Å². The van der Waals surface area contributed by atoms with Crippen LogP contribution >= 0.6 is 11.8 Å². The minimum Gasteiger partial charge on any atom is -0.338 e. The van der Waals surface area contributed by atoms with E-state index in [9.17, 15) is 4.79 Å². The van der Waals surface area contributed by atoms with Gasteiger partial charge in [-0.25, -0.2) is 4.98 Å². The molecule has 2 aromatic heterocycles. The molecule has 0 atom stereocenters. The van der Waals surface area contributed by atoms with Crippen LogP contribution in [0.2, 0.25) is 0 Å². The molecule has 0 aliphatic heterocycles. The molecule has 0 saturated heterocycles. The number of aryl methyl sites for hydroxylation is 3. The molecule has 0 saturated carbocycles. The van der Waals surface area contributed by atoms with Gasteiger partial charge in [-0.05, 0) is 55.7 Å². The molecule has 0 aliphatic carbocycles. The fourth-order valence-corrected chi connectivity index (χ4v) is 4.17.